The van der Waals surface area contributed by atoms with Gasteiger partial charge in [0.2, 0.25) is 0 Å². The van der Waals surface area contributed by atoms with E-state index in [1.54, 1.807) is 0 Å². The first kappa shape index (κ1) is 14.0. The molecule has 1 atom stereocenters. The predicted molar refractivity (Wildman–Crippen MR) is 75.5 cm³/mol. The van der Waals surface area contributed by atoms with Crippen LogP contribution >= 0.6 is 31.9 Å². The van der Waals surface area contributed by atoms with Crippen LogP contribution in [0.1, 0.15) is 13.3 Å². The Morgan fingerprint density at radius 2 is 2.25 bits per heavy atom. The van der Waals surface area contributed by atoms with Gasteiger partial charge in [0.15, 0.2) is 0 Å². The third kappa shape index (κ3) is 5.87. The predicted octanol–water partition coefficient (Wildman–Crippen LogP) is 3.59. The number of alkyl halides is 1. The minimum atomic E-state index is 0.533. The van der Waals surface area contributed by atoms with Crippen LogP contribution in [0.25, 0.3) is 0 Å². The van der Waals surface area contributed by atoms with Gasteiger partial charge < -0.3 is 10.1 Å². The molecule has 0 saturated heterocycles. The van der Waals surface area contributed by atoms with Gasteiger partial charge in [-0.25, -0.2) is 0 Å². The van der Waals surface area contributed by atoms with E-state index in [0.717, 1.165) is 28.5 Å². The Labute approximate surface area is 114 Å². The molecule has 1 rings (SSSR count). The number of hydrogen-bond donors (Lipinski definition) is 1. The number of halogens is 2. The number of ether oxygens (including phenoxy) is 1. The van der Waals surface area contributed by atoms with Crippen molar-refractivity contribution in [3.8, 4) is 5.75 Å². The summed E-state index contributed by atoms with van der Waals surface area (Å²) >= 11 is 6.84. The van der Waals surface area contributed by atoms with Crippen molar-refractivity contribution in [3.63, 3.8) is 0 Å². The van der Waals surface area contributed by atoms with Crippen molar-refractivity contribution in [2.45, 2.75) is 19.4 Å². The molecule has 0 aliphatic heterocycles. The summed E-state index contributed by atoms with van der Waals surface area (Å²) in [7, 11) is 0. The molecule has 90 valence electrons. The van der Waals surface area contributed by atoms with E-state index in [9.17, 15) is 0 Å². The molecule has 1 aromatic rings. The minimum absolute atomic E-state index is 0.533. The molecule has 4 heteroatoms. The van der Waals surface area contributed by atoms with E-state index < -0.39 is 0 Å². The molecule has 0 heterocycles. The van der Waals surface area contributed by atoms with Crippen LogP contribution in [0, 0.1) is 0 Å². The topological polar surface area (TPSA) is 21.3 Å². The molecule has 0 radical (unpaired) electrons. The zero-order valence-electron chi connectivity index (χ0n) is 9.38. The maximum Gasteiger partial charge on any atom is 0.120 e. The lowest BCUT2D eigenvalue weighted by Crippen LogP contribution is -2.30. The summed E-state index contributed by atoms with van der Waals surface area (Å²) < 4.78 is 6.66. The largest absolute Gasteiger partial charge is 0.492 e. The van der Waals surface area contributed by atoms with Gasteiger partial charge in [-0.15, -0.1) is 0 Å². The van der Waals surface area contributed by atoms with Gasteiger partial charge in [0.1, 0.15) is 12.4 Å². The van der Waals surface area contributed by atoms with E-state index in [2.05, 4.69) is 44.1 Å². The van der Waals surface area contributed by atoms with Gasteiger partial charge in [-0.2, -0.15) is 0 Å². The molecule has 0 saturated carbocycles. The monoisotopic (exact) mass is 349 g/mol. The number of hydrogen-bond acceptors (Lipinski definition) is 2. The molecule has 1 aromatic carbocycles. The van der Waals surface area contributed by atoms with Crippen molar-refractivity contribution in [3.05, 3.63) is 28.7 Å². The van der Waals surface area contributed by atoms with E-state index >= 15 is 0 Å². The Morgan fingerprint density at radius 3 is 2.94 bits per heavy atom. The fraction of sp³-hybridized carbons (Fsp3) is 0.500. The van der Waals surface area contributed by atoms with E-state index in [1.165, 1.54) is 0 Å². The van der Waals surface area contributed by atoms with Crippen molar-refractivity contribution < 1.29 is 4.74 Å². The van der Waals surface area contributed by atoms with Crippen LogP contribution < -0.4 is 10.1 Å². The molecule has 1 unspecified atom stereocenters. The van der Waals surface area contributed by atoms with Crippen molar-refractivity contribution in [1.82, 2.24) is 5.32 Å². The maximum atomic E-state index is 5.61. The number of benzene rings is 1. The molecule has 0 amide bonds. The first-order valence-electron chi connectivity index (χ1n) is 5.40. The van der Waals surface area contributed by atoms with Crippen LogP contribution in [0.5, 0.6) is 5.75 Å². The minimum Gasteiger partial charge on any atom is -0.492 e. The van der Waals surface area contributed by atoms with E-state index in [-0.39, 0.29) is 0 Å². The molecule has 0 fully saturated rings. The summed E-state index contributed by atoms with van der Waals surface area (Å²) in [6.07, 6.45) is 1.14. The molecule has 0 aliphatic rings. The SMILES string of the molecule is CC(CCBr)NCCOc1cccc(Br)c1. The third-order valence-corrected chi connectivity index (χ3v) is 3.15. The van der Waals surface area contributed by atoms with E-state index in [1.807, 2.05) is 24.3 Å². The van der Waals surface area contributed by atoms with Gasteiger partial charge in [0.05, 0.1) is 0 Å². The summed E-state index contributed by atoms with van der Waals surface area (Å²) in [5.74, 6) is 0.907. The number of rotatable bonds is 7. The van der Waals surface area contributed by atoms with E-state index in [0.29, 0.717) is 12.6 Å². The van der Waals surface area contributed by atoms with Crippen molar-refractivity contribution in [2.24, 2.45) is 0 Å². The van der Waals surface area contributed by atoms with Gasteiger partial charge in [0.25, 0.3) is 0 Å². The second-order valence-corrected chi connectivity index (χ2v) is 5.35. The summed E-state index contributed by atoms with van der Waals surface area (Å²) in [6, 6.07) is 8.43. The number of nitrogens with one attached hydrogen (secondary N) is 1. The average molecular weight is 351 g/mol. The normalized spacial score (nSPS) is 12.4. The molecule has 16 heavy (non-hydrogen) atoms. The molecule has 0 spiro atoms. The lowest BCUT2D eigenvalue weighted by Gasteiger charge is -2.12. The van der Waals surface area contributed by atoms with Crippen molar-refractivity contribution in [1.29, 1.82) is 0 Å². The van der Waals surface area contributed by atoms with Gasteiger partial charge in [-0.1, -0.05) is 37.9 Å². The molecular weight excluding hydrogens is 334 g/mol. The molecule has 2 nitrogen and oxygen atoms in total. The lowest BCUT2D eigenvalue weighted by atomic mass is 10.3. The first-order valence-corrected chi connectivity index (χ1v) is 7.31. The summed E-state index contributed by atoms with van der Waals surface area (Å²) in [6.45, 7) is 3.75. The van der Waals surface area contributed by atoms with Gasteiger partial charge in [-0.3, -0.25) is 0 Å². The van der Waals surface area contributed by atoms with Crippen molar-refractivity contribution in [2.75, 3.05) is 18.5 Å². The summed E-state index contributed by atoms with van der Waals surface area (Å²) in [5.41, 5.74) is 0. The highest BCUT2D eigenvalue weighted by atomic mass is 79.9. The maximum absolute atomic E-state index is 5.61. The molecule has 0 aliphatic carbocycles. The Morgan fingerprint density at radius 1 is 1.44 bits per heavy atom. The Balaban J connectivity index is 2.16. The first-order chi connectivity index (χ1) is 7.72. The summed E-state index contributed by atoms with van der Waals surface area (Å²) in [5, 5.41) is 4.44. The fourth-order valence-corrected chi connectivity index (χ4v) is 2.36. The Bertz CT molecular complexity index is 307. The van der Waals surface area contributed by atoms with Crippen LogP contribution in [0.15, 0.2) is 28.7 Å². The van der Waals surface area contributed by atoms with Crippen LogP contribution in [0.4, 0.5) is 0 Å². The average Bonchev–Trinajstić information content (AvgIpc) is 2.25. The third-order valence-electron chi connectivity index (χ3n) is 2.20. The highest BCUT2D eigenvalue weighted by Crippen LogP contribution is 2.17. The van der Waals surface area contributed by atoms with Crippen molar-refractivity contribution >= 4 is 31.9 Å². The highest BCUT2D eigenvalue weighted by molar-refractivity contribution is 9.10. The smallest absolute Gasteiger partial charge is 0.120 e. The molecule has 0 bridgehead atoms. The van der Waals surface area contributed by atoms with Gasteiger partial charge in [-0.05, 0) is 31.5 Å². The molecule has 0 aromatic heterocycles. The van der Waals surface area contributed by atoms with E-state index in [4.69, 9.17) is 4.74 Å². The molecule has 1 N–H and O–H groups in total. The Hall–Kier alpha value is -0.0600. The van der Waals surface area contributed by atoms with Crippen LogP contribution in [-0.4, -0.2) is 24.5 Å². The Kier molecular flexibility index (Phi) is 7.08. The lowest BCUT2D eigenvalue weighted by molar-refractivity contribution is 0.306. The quantitative estimate of drug-likeness (QED) is 0.599. The van der Waals surface area contributed by atoms with Crippen LogP contribution in [0.3, 0.4) is 0 Å². The zero-order valence-corrected chi connectivity index (χ0v) is 12.6. The fourth-order valence-electron chi connectivity index (χ4n) is 1.30. The summed E-state index contributed by atoms with van der Waals surface area (Å²) in [4.78, 5) is 0. The second-order valence-electron chi connectivity index (χ2n) is 3.64. The highest BCUT2D eigenvalue weighted by Gasteiger charge is 1.99. The zero-order chi connectivity index (χ0) is 11.8. The van der Waals surface area contributed by atoms with Gasteiger partial charge in [0, 0.05) is 22.4 Å². The van der Waals surface area contributed by atoms with Crippen LogP contribution in [-0.2, 0) is 0 Å². The molecular formula is C12H17Br2NO. The standard InChI is InChI=1S/C12H17Br2NO/c1-10(5-6-13)15-7-8-16-12-4-2-3-11(14)9-12/h2-4,9-10,15H,5-8H2,1H3. The van der Waals surface area contributed by atoms with Gasteiger partial charge >= 0.3 is 0 Å². The van der Waals surface area contributed by atoms with Crippen LogP contribution in [0.2, 0.25) is 0 Å². The second kappa shape index (κ2) is 8.09.